The average Bonchev–Trinajstić information content (AvgIpc) is 2.54. The van der Waals surface area contributed by atoms with E-state index >= 15 is 0 Å². The molecule has 2 rings (SSSR count). The molecule has 18 heavy (non-hydrogen) atoms. The van der Waals surface area contributed by atoms with Crippen molar-refractivity contribution in [2.45, 2.75) is 26.7 Å². The molecule has 4 heteroatoms. The molecule has 1 heterocycles. The second-order valence-corrected chi connectivity index (χ2v) is 5.00. The van der Waals surface area contributed by atoms with Crippen LogP contribution in [-0.2, 0) is 22.4 Å². The lowest BCUT2D eigenvalue weighted by Crippen LogP contribution is -2.22. The van der Waals surface area contributed by atoms with Gasteiger partial charge in [-0.3, -0.25) is 9.59 Å². The second-order valence-electron chi connectivity index (χ2n) is 5.00. The number of benzene rings is 1. The summed E-state index contributed by atoms with van der Waals surface area (Å²) in [6.45, 7) is 3.66. The molecule has 1 unspecified atom stereocenters. The lowest BCUT2D eigenvalue weighted by molar-refractivity contribution is -0.141. The van der Waals surface area contributed by atoms with Crippen LogP contribution < -0.4 is 4.90 Å². The third-order valence-electron chi connectivity index (χ3n) is 3.41. The Morgan fingerprint density at radius 3 is 2.78 bits per heavy atom. The van der Waals surface area contributed by atoms with Crippen LogP contribution in [-0.4, -0.2) is 24.0 Å². The number of aliphatic carboxylic acids is 1. The first-order valence-electron chi connectivity index (χ1n) is 6.02. The number of likely N-dealkylation sites (N-methyl/N-ethyl adjacent to an activating group) is 1. The quantitative estimate of drug-likeness (QED) is 0.885. The standard InChI is InChI=1S/C14H17NO3/c1-8-4-10(6-9(2)14(17)18)13-11(5-8)7-12(16)15(13)3/h4-5,9H,6-7H2,1-3H3,(H,17,18). The number of hydrogen-bond donors (Lipinski definition) is 1. The number of rotatable bonds is 3. The van der Waals surface area contributed by atoms with Crippen molar-refractivity contribution in [1.82, 2.24) is 0 Å². The normalized spacial score (nSPS) is 15.7. The number of aryl methyl sites for hydroxylation is 1. The molecule has 1 amide bonds. The highest BCUT2D eigenvalue weighted by molar-refractivity contribution is 6.02. The van der Waals surface area contributed by atoms with Crippen molar-refractivity contribution in [3.63, 3.8) is 0 Å². The Morgan fingerprint density at radius 2 is 2.17 bits per heavy atom. The van der Waals surface area contributed by atoms with E-state index in [4.69, 9.17) is 5.11 Å². The summed E-state index contributed by atoms with van der Waals surface area (Å²) in [6.07, 6.45) is 0.874. The van der Waals surface area contributed by atoms with Crippen LogP contribution in [0.25, 0.3) is 0 Å². The first-order chi connectivity index (χ1) is 8.40. The lowest BCUT2D eigenvalue weighted by Gasteiger charge is -2.17. The van der Waals surface area contributed by atoms with E-state index in [1.807, 2.05) is 19.1 Å². The van der Waals surface area contributed by atoms with E-state index in [1.165, 1.54) is 0 Å². The molecule has 0 saturated carbocycles. The number of nitrogens with zero attached hydrogens (tertiary/aromatic N) is 1. The summed E-state index contributed by atoms with van der Waals surface area (Å²) in [5, 5.41) is 9.00. The van der Waals surface area contributed by atoms with Crippen molar-refractivity contribution in [3.05, 3.63) is 28.8 Å². The first-order valence-corrected chi connectivity index (χ1v) is 6.02. The maximum absolute atomic E-state index is 11.7. The molecule has 0 spiro atoms. The predicted molar refractivity (Wildman–Crippen MR) is 68.8 cm³/mol. The summed E-state index contributed by atoms with van der Waals surface area (Å²) < 4.78 is 0. The van der Waals surface area contributed by atoms with E-state index in [0.717, 1.165) is 22.4 Å². The highest BCUT2D eigenvalue weighted by Gasteiger charge is 2.28. The second kappa shape index (κ2) is 4.44. The van der Waals surface area contributed by atoms with Gasteiger partial charge >= 0.3 is 5.97 Å². The van der Waals surface area contributed by atoms with Crippen LogP contribution in [0.4, 0.5) is 5.69 Å². The maximum atomic E-state index is 11.7. The molecule has 1 atom stereocenters. The zero-order valence-electron chi connectivity index (χ0n) is 10.9. The molecule has 1 N–H and O–H groups in total. The van der Waals surface area contributed by atoms with Gasteiger partial charge in [0.15, 0.2) is 0 Å². The number of fused-ring (bicyclic) bond motifs is 1. The molecule has 0 bridgehead atoms. The van der Waals surface area contributed by atoms with Gasteiger partial charge < -0.3 is 10.0 Å². The van der Waals surface area contributed by atoms with Crippen LogP contribution in [0.3, 0.4) is 0 Å². The van der Waals surface area contributed by atoms with Crippen molar-refractivity contribution in [2.24, 2.45) is 5.92 Å². The van der Waals surface area contributed by atoms with E-state index < -0.39 is 11.9 Å². The van der Waals surface area contributed by atoms with Crippen LogP contribution in [0, 0.1) is 12.8 Å². The Balaban J connectivity index is 2.43. The summed E-state index contributed by atoms with van der Waals surface area (Å²) >= 11 is 0. The van der Waals surface area contributed by atoms with Crippen LogP contribution in [0.5, 0.6) is 0 Å². The number of anilines is 1. The minimum atomic E-state index is -0.808. The molecular weight excluding hydrogens is 230 g/mol. The molecule has 1 aliphatic rings. The van der Waals surface area contributed by atoms with E-state index in [0.29, 0.717) is 12.8 Å². The molecule has 0 aliphatic carbocycles. The van der Waals surface area contributed by atoms with Crippen molar-refractivity contribution >= 4 is 17.6 Å². The highest BCUT2D eigenvalue weighted by Crippen LogP contribution is 2.34. The number of carbonyl (C=O) groups excluding carboxylic acids is 1. The van der Waals surface area contributed by atoms with Crippen LogP contribution in [0.1, 0.15) is 23.6 Å². The number of carboxylic acids is 1. The molecule has 0 saturated heterocycles. The summed E-state index contributed by atoms with van der Waals surface area (Å²) in [4.78, 5) is 24.3. The fraction of sp³-hybridized carbons (Fsp3) is 0.429. The molecule has 96 valence electrons. The largest absolute Gasteiger partial charge is 0.481 e. The molecule has 0 radical (unpaired) electrons. The number of amides is 1. The average molecular weight is 247 g/mol. The van der Waals surface area contributed by atoms with Gasteiger partial charge in [-0.25, -0.2) is 0 Å². The molecule has 1 aliphatic heterocycles. The van der Waals surface area contributed by atoms with Gasteiger partial charge in [-0.1, -0.05) is 24.6 Å². The zero-order valence-corrected chi connectivity index (χ0v) is 10.9. The fourth-order valence-electron chi connectivity index (χ4n) is 2.48. The van der Waals surface area contributed by atoms with E-state index in [1.54, 1.807) is 18.9 Å². The van der Waals surface area contributed by atoms with E-state index in [-0.39, 0.29) is 5.91 Å². The topological polar surface area (TPSA) is 57.6 Å². The molecule has 1 aromatic rings. The number of carboxylic acid groups (broad SMARTS) is 1. The van der Waals surface area contributed by atoms with Crippen molar-refractivity contribution in [2.75, 3.05) is 11.9 Å². The van der Waals surface area contributed by atoms with Crippen LogP contribution in [0.15, 0.2) is 12.1 Å². The number of hydrogen-bond acceptors (Lipinski definition) is 2. The molecule has 1 aromatic carbocycles. The Hall–Kier alpha value is -1.84. The third-order valence-corrected chi connectivity index (χ3v) is 3.41. The fourth-order valence-corrected chi connectivity index (χ4v) is 2.48. The highest BCUT2D eigenvalue weighted by atomic mass is 16.4. The maximum Gasteiger partial charge on any atom is 0.306 e. The Bertz CT molecular complexity index is 522. The van der Waals surface area contributed by atoms with Gasteiger partial charge in [-0.2, -0.15) is 0 Å². The molecule has 0 fully saturated rings. The Labute approximate surface area is 106 Å². The third kappa shape index (κ3) is 2.10. The Morgan fingerprint density at radius 1 is 1.50 bits per heavy atom. The van der Waals surface area contributed by atoms with Gasteiger partial charge in [0, 0.05) is 7.05 Å². The smallest absolute Gasteiger partial charge is 0.306 e. The van der Waals surface area contributed by atoms with Crippen LogP contribution in [0.2, 0.25) is 0 Å². The van der Waals surface area contributed by atoms with Gasteiger partial charge in [0.05, 0.1) is 18.0 Å². The van der Waals surface area contributed by atoms with Gasteiger partial charge in [-0.05, 0) is 24.5 Å². The minimum Gasteiger partial charge on any atom is -0.481 e. The lowest BCUT2D eigenvalue weighted by atomic mass is 9.95. The summed E-state index contributed by atoms with van der Waals surface area (Å²) in [7, 11) is 1.75. The van der Waals surface area contributed by atoms with Gasteiger partial charge in [0.1, 0.15) is 0 Å². The molecule has 0 aromatic heterocycles. The van der Waals surface area contributed by atoms with Crippen molar-refractivity contribution in [1.29, 1.82) is 0 Å². The SMILES string of the molecule is Cc1cc2c(c(CC(C)C(=O)O)c1)N(C)C(=O)C2. The van der Waals surface area contributed by atoms with Crippen LogP contribution >= 0.6 is 0 Å². The van der Waals surface area contributed by atoms with Gasteiger partial charge in [-0.15, -0.1) is 0 Å². The zero-order chi connectivity index (χ0) is 13.4. The van der Waals surface area contributed by atoms with E-state index in [2.05, 4.69) is 0 Å². The van der Waals surface area contributed by atoms with E-state index in [9.17, 15) is 9.59 Å². The minimum absolute atomic E-state index is 0.0693. The predicted octanol–water partition coefficient (Wildman–Crippen LogP) is 1.78. The first kappa shape index (κ1) is 12.6. The van der Waals surface area contributed by atoms with Crippen molar-refractivity contribution < 1.29 is 14.7 Å². The monoisotopic (exact) mass is 247 g/mol. The summed E-state index contributed by atoms with van der Waals surface area (Å²) in [5.74, 6) is -1.18. The number of carbonyl (C=O) groups is 2. The summed E-state index contributed by atoms with van der Waals surface area (Å²) in [5.41, 5.74) is 3.94. The van der Waals surface area contributed by atoms with Gasteiger partial charge in [0.2, 0.25) is 5.91 Å². The molecular formula is C14H17NO3. The van der Waals surface area contributed by atoms with Gasteiger partial charge in [0.25, 0.3) is 0 Å². The molecule has 4 nitrogen and oxygen atoms in total. The summed E-state index contributed by atoms with van der Waals surface area (Å²) in [6, 6.07) is 3.99. The van der Waals surface area contributed by atoms with Crippen molar-refractivity contribution in [3.8, 4) is 0 Å². The Kier molecular flexibility index (Phi) is 3.11.